The second-order valence-corrected chi connectivity index (χ2v) is 7.98. The molecule has 0 aromatic rings. The molecule has 0 atom stereocenters. The molecular weight excluding hydrogens is 336 g/mol. The Balaban J connectivity index is 3.05. The number of carbonyl (C=O) groups is 1. The Bertz CT molecular complexity index is 339. The van der Waals surface area contributed by atoms with Crippen molar-refractivity contribution < 1.29 is 14.6 Å². The molecule has 3 nitrogen and oxygen atoms in total. The zero-order valence-electron chi connectivity index (χ0n) is 18.4. The molecule has 0 radical (unpaired) electrons. The van der Waals surface area contributed by atoms with E-state index < -0.39 is 5.97 Å². The Morgan fingerprint density at radius 1 is 0.630 bits per heavy atom. The van der Waals surface area contributed by atoms with Crippen molar-refractivity contribution in [1.82, 2.24) is 0 Å². The zero-order chi connectivity index (χ0) is 20.0. The Morgan fingerprint density at radius 3 is 1.30 bits per heavy atom. The van der Waals surface area contributed by atoms with E-state index in [2.05, 4.69) is 18.4 Å². The van der Waals surface area contributed by atoms with Crippen molar-refractivity contribution in [3.05, 3.63) is 12.2 Å². The van der Waals surface area contributed by atoms with Crippen LogP contribution in [0.2, 0.25) is 0 Å². The van der Waals surface area contributed by atoms with Gasteiger partial charge in [-0.1, -0.05) is 123 Å². The van der Waals surface area contributed by atoms with E-state index in [4.69, 9.17) is 4.89 Å². The maximum atomic E-state index is 11.1. The highest BCUT2D eigenvalue weighted by atomic mass is 17.2. The van der Waals surface area contributed by atoms with Gasteiger partial charge >= 0.3 is 5.97 Å². The van der Waals surface area contributed by atoms with Gasteiger partial charge in [-0.2, -0.15) is 4.89 Å². The number of hydrogen-bond donors (Lipinski definition) is 0. The van der Waals surface area contributed by atoms with Gasteiger partial charge < -0.3 is 0 Å². The Morgan fingerprint density at radius 2 is 0.963 bits per heavy atom. The summed E-state index contributed by atoms with van der Waals surface area (Å²) in [6.45, 7) is 7.88. The van der Waals surface area contributed by atoms with Crippen LogP contribution in [0.3, 0.4) is 0 Å². The first kappa shape index (κ1) is 26.2. The fourth-order valence-corrected chi connectivity index (χ4v) is 3.23. The van der Waals surface area contributed by atoms with E-state index in [1.165, 1.54) is 103 Å². The maximum absolute atomic E-state index is 11.1. The lowest BCUT2D eigenvalue weighted by Crippen LogP contribution is -2.06. The van der Waals surface area contributed by atoms with Crippen molar-refractivity contribution in [2.24, 2.45) is 0 Å². The van der Waals surface area contributed by atoms with Gasteiger partial charge in [0.15, 0.2) is 0 Å². The summed E-state index contributed by atoms with van der Waals surface area (Å²) in [6.07, 6.45) is 24.5. The minimum absolute atomic E-state index is 0.368. The molecule has 160 valence electrons. The lowest BCUT2D eigenvalue weighted by molar-refractivity contribution is -0.268. The highest BCUT2D eigenvalue weighted by molar-refractivity contribution is 5.86. The topological polar surface area (TPSA) is 35.5 Å². The van der Waals surface area contributed by atoms with Gasteiger partial charge in [0, 0.05) is 5.57 Å². The number of hydrogen-bond acceptors (Lipinski definition) is 3. The second kappa shape index (κ2) is 21.5. The lowest BCUT2D eigenvalue weighted by Gasteiger charge is -2.04. The van der Waals surface area contributed by atoms with Crippen LogP contribution in [0.5, 0.6) is 0 Å². The molecule has 0 amide bonds. The first-order valence-corrected chi connectivity index (χ1v) is 11.7. The third kappa shape index (κ3) is 21.3. The zero-order valence-corrected chi connectivity index (χ0v) is 18.4. The van der Waals surface area contributed by atoms with Crippen molar-refractivity contribution in [2.75, 3.05) is 6.61 Å². The molecule has 0 N–H and O–H groups in total. The normalized spacial score (nSPS) is 10.9. The van der Waals surface area contributed by atoms with Crippen LogP contribution < -0.4 is 0 Å². The van der Waals surface area contributed by atoms with Gasteiger partial charge in [-0.25, -0.2) is 4.79 Å². The molecule has 0 aliphatic rings. The van der Waals surface area contributed by atoms with Crippen molar-refractivity contribution >= 4 is 5.97 Å². The molecule has 0 rings (SSSR count). The molecule has 0 bridgehead atoms. The fraction of sp³-hybridized carbons (Fsp3) is 0.875. The van der Waals surface area contributed by atoms with E-state index >= 15 is 0 Å². The third-order valence-electron chi connectivity index (χ3n) is 5.06. The van der Waals surface area contributed by atoms with Crippen LogP contribution in [0.4, 0.5) is 0 Å². The summed E-state index contributed by atoms with van der Waals surface area (Å²) in [6, 6.07) is 0. The van der Waals surface area contributed by atoms with E-state index in [-0.39, 0.29) is 0 Å². The summed E-state index contributed by atoms with van der Waals surface area (Å²) in [5.41, 5.74) is 0.368. The van der Waals surface area contributed by atoms with Gasteiger partial charge in [0.05, 0.1) is 6.61 Å². The average molecular weight is 383 g/mol. The molecule has 0 aliphatic carbocycles. The minimum atomic E-state index is -0.475. The van der Waals surface area contributed by atoms with Crippen LogP contribution in [-0.2, 0) is 14.6 Å². The van der Waals surface area contributed by atoms with E-state index in [1.807, 2.05) is 0 Å². The van der Waals surface area contributed by atoms with Crippen LogP contribution in [0, 0.1) is 0 Å². The van der Waals surface area contributed by atoms with Crippen LogP contribution in [0.1, 0.15) is 129 Å². The molecule has 0 aromatic heterocycles. The highest BCUT2D eigenvalue weighted by Gasteiger charge is 2.03. The molecule has 0 spiro atoms. The van der Waals surface area contributed by atoms with Crippen LogP contribution >= 0.6 is 0 Å². The number of carbonyl (C=O) groups excluding carboxylic acids is 1. The van der Waals surface area contributed by atoms with Crippen LogP contribution in [0.25, 0.3) is 0 Å². The molecule has 0 aromatic carbocycles. The summed E-state index contributed by atoms with van der Waals surface area (Å²) >= 11 is 0. The van der Waals surface area contributed by atoms with Crippen molar-refractivity contribution in [3.63, 3.8) is 0 Å². The predicted octanol–water partition coefficient (Wildman–Crippen LogP) is 8.08. The molecule has 27 heavy (non-hydrogen) atoms. The standard InChI is InChI=1S/C24H46O3/c1-4-5-6-7-8-9-10-11-12-13-14-15-16-17-18-19-20-21-22-26-27-24(25)23(2)3/h2,4-22H2,1,3H3. The molecular formula is C24H46O3. The molecule has 0 saturated carbocycles. The van der Waals surface area contributed by atoms with E-state index in [1.54, 1.807) is 6.92 Å². The summed E-state index contributed by atoms with van der Waals surface area (Å²) in [5.74, 6) is -0.475. The maximum Gasteiger partial charge on any atom is 0.368 e. The van der Waals surface area contributed by atoms with E-state index in [0.717, 1.165) is 12.8 Å². The molecule has 0 saturated heterocycles. The average Bonchev–Trinajstić information content (AvgIpc) is 2.66. The van der Waals surface area contributed by atoms with Gasteiger partial charge in [-0.05, 0) is 13.3 Å². The van der Waals surface area contributed by atoms with Crippen LogP contribution in [-0.4, -0.2) is 12.6 Å². The van der Waals surface area contributed by atoms with Crippen LogP contribution in [0.15, 0.2) is 12.2 Å². The third-order valence-corrected chi connectivity index (χ3v) is 5.06. The summed E-state index contributed by atoms with van der Waals surface area (Å²) in [4.78, 5) is 20.6. The molecule has 0 unspecified atom stereocenters. The van der Waals surface area contributed by atoms with Gasteiger partial charge in [0.25, 0.3) is 0 Å². The van der Waals surface area contributed by atoms with Gasteiger partial charge in [0.2, 0.25) is 0 Å². The Hall–Kier alpha value is -0.830. The number of rotatable bonds is 21. The minimum Gasteiger partial charge on any atom is -0.293 e. The molecule has 0 fully saturated rings. The molecule has 0 heterocycles. The first-order valence-electron chi connectivity index (χ1n) is 11.7. The molecule has 3 heteroatoms. The van der Waals surface area contributed by atoms with Gasteiger partial charge in [-0.3, -0.25) is 4.89 Å². The predicted molar refractivity (Wildman–Crippen MR) is 116 cm³/mol. The Labute approximate surface area is 169 Å². The van der Waals surface area contributed by atoms with Crippen molar-refractivity contribution in [2.45, 2.75) is 129 Å². The quantitative estimate of drug-likeness (QED) is 0.0871. The SMILES string of the molecule is C=C(C)C(=O)OOCCCCCCCCCCCCCCCCCCCC. The smallest absolute Gasteiger partial charge is 0.293 e. The fourth-order valence-electron chi connectivity index (χ4n) is 3.23. The molecule has 0 aliphatic heterocycles. The van der Waals surface area contributed by atoms with Gasteiger partial charge in [0.1, 0.15) is 0 Å². The largest absolute Gasteiger partial charge is 0.368 e. The van der Waals surface area contributed by atoms with Crippen molar-refractivity contribution in [3.8, 4) is 0 Å². The van der Waals surface area contributed by atoms with E-state index in [0.29, 0.717) is 12.2 Å². The monoisotopic (exact) mass is 382 g/mol. The summed E-state index contributed by atoms with van der Waals surface area (Å²) in [7, 11) is 0. The van der Waals surface area contributed by atoms with E-state index in [9.17, 15) is 4.79 Å². The van der Waals surface area contributed by atoms with Crippen molar-refractivity contribution in [1.29, 1.82) is 0 Å². The number of unbranched alkanes of at least 4 members (excludes halogenated alkanes) is 17. The summed E-state index contributed by atoms with van der Waals surface area (Å²) in [5, 5.41) is 0. The first-order chi connectivity index (χ1) is 13.2. The Kier molecular flexibility index (Phi) is 20.8. The second-order valence-electron chi connectivity index (χ2n) is 7.98. The highest BCUT2D eigenvalue weighted by Crippen LogP contribution is 2.14. The summed E-state index contributed by atoms with van der Waals surface area (Å²) < 4.78 is 0. The lowest BCUT2D eigenvalue weighted by atomic mass is 10.0. The van der Waals surface area contributed by atoms with Gasteiger partial charge in [-0.15, -0.1) is 0 Å².